The van der Waals surface area contributed by atoms with Gasteiger partial charge >= 0.3 is 11.9 Å². The number of unbranched alkanes of at least 4 members (excludes halogenated alkanes) is 14. The number of hydrogen-bond acceptors (Lipinski definition) is 4. The smallest absolute Gasteiger partial charge is 0.330 e. The molecular formula is C36H54O5. The zero-order valence-electron chi connectivity index (χ0n) is 25.5. The molecule has 2 aromatic carbocycles. The Labute approximate surface area is 249 Å². The quantitative estimate of drug-likeness (QED) is 0.0823. The van der Waals surface area contributed by atoms with Gasteiger partial charge in [-0.15, -0.1) is 0 Å². The third-order valence-electron chi connectivity index (χ3n) is 7.07. The van der Waals surface area contributed by atoms with Crippen LogP contribution in [0.2, 0.25) is 0 Å². The van der Waals surface area contributed by atoms with Crippen molar-refractivity contribution in [3.8, 4) is 5.75 Å². The number of carbonyl (C=O) groups is 2. The van der Waals surface area contributed by atoms with E-state index in [0.29, 0.717) is 18.6 Å². The monoisotopic (exact) mass is 566 g/mol. The SMILES string of the molecule is C=C(CCCCCCCCCCOc1ccc2ccccc2c1)C(=O)O.C=CC(=O)OCCCCCCCCCC. The van der Waals surface area contributed by atoms with Gasteiger partial charge in [0.1, 0.15) is 5.75 Å². The number of carbonyl (C=O) groups excluding carboxylic acids is 1. The first-order chi connectivity index (χ1) is 20.0. The summed E-state index contributed by atoms with van der Waals surface area (Å²) in [6, 6.07) is 14.6. The minimum atomic E-state index is -0.865. The van der Waals surface area contributed by atoms with Crippen molar-refractivity contribution < 1.29 is 24.2 Å². The van der Waals surface area contributed by atoms with E-state index in [0.717, 1.165) is 44.5 Å². The van der Waals surface area contributed by atoms with Crippen LogP contribution in [0.15, 0.2) is 67.3 Å². The highest BCUT2D eigenvalue weighted by Crippen LogP contribution is 2.21. The number of fused-ring (bicyclic) bond motifs is 1. The molecule has 0 aromatic heterocycles. The predicted molar refractivity (Wildman–Crippen MR) is 172 cm³/mol. The molecule has 0 atom stereocenters. The van der Waals surface area contributed by atoms with Crippen LogP contribution in [0.25, 0.3) is 10.8 Å². The summed E-state index contributed by atoms with van der Waals surface area (Å²) < 4.78 is 10.7. The summed E-state index contributed by atoms with van der Waals surface area (Å²) in [7, 11) is 0. The molecule has 0 aliphatic heterocycles. The summed E-state index contributed by atoms with van der Waals surface area (Å²) in [6.07, 6.45) is 21.1. The second-order valence-electron chi connectivity index (χ2n) is 10.7. The summed E-state index contributed by atoms with van der Waals surface area (Å²) in [6.45, 7) is 10.4. The highest BCUT2D eigenvalue weighted by molar-refractivity contribution is 5.85. The molecule has 0 spiro atoms. The number of aliphatic carboxylic acids is 1. The Bertz CT molecular complexity index is 996. The molecule has 5 heteroatoms. The van der Waals surface area contributed by atoms with Gasteiger partial charge in [0, 0.05) is 11.6 Å². The summed E-state index contributed by atoms with van der Waals surface area (Å²) in [4.78, 5) is 21.3. The van der Waals surface area contributed by atoms with E-state index in [-0.39, 0.29) is 5.97 Å². The Kier molecular flexibility index (Phi) is 21.7. The van der Waals surface area contributed by atoms with E-state index >= 15 is 0 Å². The molecule has 0 aliphatic carbocycles. The van der Waals surface area contributed by atoms with Crippen LogP contribution < -0.4 is 4.74 Å². The lowest BCUT2D eigenvalue weighted by Gasteiger charge is -2.07. The number of benzene rings is 2. The third-order valence-corrected chi connectivity index (χ3v) is 7.07. The number of carboxylic acid groups (broad SMARTS) is 1. The molecule has 0 saturated heterocycles. The van der Waals surface area contributed by atoms with Crippen LogP contribution >= 0.6 is 0 Å². The molecule has 0 amide bonds. The summed E-state index contributed by atoms with van der Waals surface area (Å²) in [5.41, 5.74) is 0.330. The van der Waals surface area contributed by atoms with Crippen LogP contribution in [0.3, 0.4) is 0 Å². The molecule has 0 radical (unpaired) electrons. The summed E-state index contributed by atoms with van der Waals surface area (Å²) in [5, 5.41) is 11.2. The zero-order valence-corrected chi connectivity index (χ0v) is 25.5. The molecule has 228 valence electrons. The number of carboxylic acids is 1. The first kappa shape index (κ1) is 35.9. The molecule has 0 heterocycles. The summed E-state index contributed by atoms with van der Waals surface area (Å²) >= 11 is 0. The van der Waals surface area contributed by atoms with Gasteiger partial charge < -0.3 is 14.6 Å². The average molecular weight is 567 g/mol. The van der Waals surface area contributed by atoms with Gasteiger partial charge in [-0.1, -0.05) is 134 Å². The predicted octanol–water partition coefficient (Wildman–Crippen LogP) is 10.2. The Morgan fingerprint density at radius 1 is 0.732 bits per heavy atom. The van der Waals surface area contributed by atoms with Gasteiger partial charge in [-0.05, 0) is 48.6 Å². The molecule has 41 heavy (non-hydrogen) atoms. The fourth-order valence-corrected chi connectivity index (χ4v) is 4.52. The molecule has 5 nitrogen and oxygen atoms in total. The molecule has 0 fully saturated rings. The van der Waals surface area contributed by atoms with Crippen LogP contribution in [-0.4, -0.2) is 30.3 Å². The summed E-state index contributed by atoms with van der Waals surface area (Å²) in [5.74, 6) is -0.222. The maximum Gasteiger partial charge on any atom is 0.330 e. The van der Waals surface area contributed by atoms with Crippen LogP contribution in [0.4, 0.5) is 0 Å². The van der Waals surface area contributed by atoms with E-state index in [2.05, 4.69) is 56.5 Å². The van der Waals surface area contributed by atoms with Crippen molar-refractivity contribution in [2.45, 2.75) is 116 Å². The molecule has 0 bridgehead atoms. The minimum absolute atomic E-state index is 0.307. The Morgan fingerprint density at radius 3 is 1.85 bits per heavy atom. The largest absolute Gasteiger partial charge is 0.494 e. The molecule has 2 rings (SSSR count). The van der Waals surface area contributed by atoms with Crippen LogP contribution in [0.1, 0.15) is 116 Å². The van der Waals surface area contributed by atoms with Gasteiger partial charge in [0.2, 0.25) is 0 Å². The second-order valence-corrected chi connectivity index (χ2v) is 10.7. The van der Waals surface area contributed by atoms with E-state index in [1.807, 2.05) is 6.07 Å². The van der Waals surface area contributed by atoms with Gasteiger partial charge in [0.05, 0.1) is 13.2 Å². The maximum absolute atomic E-state index is 10.7. The second kappa shape index (κ2) is 24.7. The first-order valence-corrected chi connectivity index (χ1v) is 15.8. The van der Waals surface area contributed by atoms with Crippen molar-refractivity contribution in [1.29, 1.82) is 0 Å². The van der Waals surface area contributed by atoms with Crippen LogP contribution in [0.5, 0.6) is 5.75 Å². The van der Waals surface area contributed by atoms with Gasteiger partial charge in [0.15, 0.2) is 0 Å². The topological polar surface area (TPSA) is 72.8 Å². The lowest BCUT2D eigenvalue weighted by atomic mass is 10.0. The van der Waals surface area contributed by atoms with Crippen LogP contribution in [0, 0.1) is 0 Å². The van der Waals surface area contributed by atoms with Crippen molar-refractivity contribution in [2.75, 3.05) is 13.2 Å². The van der Waals surface area contributed by atoms with E-state index in [1.165, 1.54) is 87.5 Å². The van der Waals surface area contributed by atoms with Crippen molar-refractivity contribution in [2.24, 2.45) is 0 Å². The lowest BCUT2D eigenvalue weighted by Crippen LogP contribution is -2.01. The standard InChI is InChI=1S/C23H30O3.C13H24O2/c1-19(23(24)25)12-8-6-4-2-3-5-7-11-17-26-22-16-15-20-13-9-10-14-21(20)18-22;1-3-5-6-7-8-9-10-11-12-15-13(14)4-2/h9-10,13-16,18H,1-8,11-12,17H2,(H,24,25);4H,2-3,5-12H2,1H3. The average Bonchev–Trinajstić information content (AvgIpc) is 2.98. The molecular weight excluding hydrogens is 512 g/mol. The third kappa shape index (κ3) is 19.6. The number of rotatable bonds is 23. The highest BCUT2D eigenvalue weighted by Gasteiger charge is 2.03. The van der Waals surface area contributed by atoms with Gasteiger partial charge in [0.25, 0.3) is 0 Å². The van der Waals surface area contributed by atoms with Crippen molar-refractivity contribution in [3.05, 3.63) is 67.3 Å². The Morgan fingerprint density at radius 2 is 1.27 bits per heavy atom. The van der Waals surface area contributed by atoms with Crippen molar-refractivity contribution in [3.63, 3.8) is 0 Å². The van der Waals surface area contributed by atoms with Crippen LogP contribution in [-0.2, 0) is 14.3 Å². The molecule has 0 saturated carbocycles. The van der Waals surface area contributed by atoms with Gasteiger partial charge in [-0.3, -0.25) is 0 Å². The zero-order chi connectivity index (χ0) is 30.0. The number of esters is 1. The first-order valence-electron chi connectivity index (χ1n) is 15.8. The Hall–Kier alpha value is -3.08. The minimum Gasteiger partial charge on any atom is -0.494 e. The molecule has 2 aromatic rings. The molecule has 0 unspecified atom stereocenters. The van der Waals surface area contributed by atoms with Gasteiger partial charge in [-0.2, -0.15) is 0 Å². The Balaban J connectivity index is 0.000000479. The van der Waals surface area contributed by atoms with E-state index < -0.39 is 5.97 Å². The van der Waals surface area contributed by atoms with Crippen molar-refractivity contribution >= 4 is 22.7 Å². The normalized spacial score (nSPS) is 10.5. The van der Waals surface area contributed by atoms with Crippen molar-refractivity contribution in [1.82, 2.24) is 0 Å². The highest BCUT2D eigenvalue weighted by atomic mass is 16.5. The molecule has 0 aliphatic rings. The molecule has 1 N–H and O–H groups in total. The fraction of sp³-hybridized carbons (Fsp3) is 0.556. The number of ether oxygens (including phenoxy) is 2. The van der Waals surface area contributed by atoms with E-state index in [9.17, 15) is 9.59 Å². The lowest BCUT2D eigenvalue weighted by molar-refractivity contribution is -0.138. The van der Waals surface area contributed by atoms with E-state index in [1.54, 1.807) is 0 Å². The maximum atomic E-state index is 10.7. The number of hydrogen-bond donors (Lipinski definition) is 1. The fourth-order valence-electron chi connectivity index (χ4n) is 4.52. The van der Waals surface area contributed by atoms with E-state index in [4.69, 9.17) is 14.6 Å². The van der Waals surface area contributed by atoms with Gasteiger partial charge in [-0.25, -0.2) is 9.59 Å².